The number of carbonyl (C=O) groups excluding carboxylic acids is 1. The molecule has 0 aliphatic heterocycles. The van der Waals surface area contributed by atoms with Gasteiger partial charge in [0.2, 0.25) is 5.91 Å². The molecule has 0 aromatic heterocycles. The van der Waals surface area contributed by atoms with Gasteiger partial charge in [0.1, 0.15) is 0 Å². The molecule has 2 rings (SSSR count). The van der Waals surface area contributed by atoms with Crippen LogP contribution in [0.25, 0.3) is 0 Å². The van der Waals surface area contributed by atoms with Gasteiger partial charge >= 0.3 is 0 Å². The van der Waals surface area contributed by atoms with Crippen LogP contribution in [0.1, 0.15) is 31.2 Å². The summed E-state index contributed by atoms with van der Waals surface area (Å²) in [5, 5.41) is 6.29. The van der Waals surface area contributed by atoms with Crippen LogP contribution in [0, 0.1) is 0 Å². The highest BCUT2D eigenvalue weighted by Gasteiger charge is 2.09. The standard InChI is InChI=1S/C22H30IN3O/c1-19(20-8-4-2-5-9-20)13-16-26(18-23)17-15-24-14-12-22(27)25-21-10-6-3-7-11-21/h2-11,19,24H,12-18H2,1H3,(H,25,27). The smallest absolute Gasteiger partial charge is 0.225 e. The molecule has 27 heavy (non-hydrogen) atoms. The Morgan fingerprint density at radius 1 is 1.00 bits per heavy atom. The third kappa shape index (κ3) is 8.86. The summed E-state index contributed by atoms with van der Waals surface area (Å²) in [6, 6.07) is 20.3. The minimum Gasteiger partial charge on any atom is -0.326 e. The summed E-state index contributed by atoms with van der Waals surface area (Å²) in [7, 11) is 0. The molecule has 4 nitrogen and oxygen atoms in total. The SMILES string of the molecule is CC(CCN(CI)CCNCCC(=O)Nc1ccccc1)c1ccccc1. The second-order valence-corrected chi connectivity index (χ2v) is 7.43. The number of para-hydroxylation sites is 1. The van der Waals surface area contributed by atoms with Crippen molar-refractivity contribution in [3.63, 3.8) is 0 Å². The lowest BCUT2D eigenvalue weighted by Gasteiger charge is -2.22. The van der Waals surface area contributed by atoms with E-state index in [4.69, 9.17) is 0 Å². The average molecular weight is 479 g/mol. The fourth-order valence-electron chi connectivity index (χ4n) is 2.86. The van der Waals surface area contributed by atoms with E-state index in [2.05, 4.69) is 75.4 Å². The van der Waals surface area contributed by atoms with Gasteiger partial charge in [0.15, 0.2) is 0 Å². The lowest BCUT2D eigenvalue weighted by atomic mass is 9.98. The van der Waals surface area contributed by atoms with Crippen molar-refractivity contribution in [2.45, 2.75) is 25.7 Å². The number of amides is 1. The first kappa shape index (κ1) is 21.9. The summed E-state index contributed by atoms with van der Waals surface area (Å²) in [5.41, 5.74) is 2.26. The van der Waals surface area contributed by atoms with Crippen LogP contribution in [0.3, 0.4) is 0 Å². The number of halogens is 1. The number of alkyl halides is 1. The highest BCUT2D eigenvalue weighted by molar-refractivity contribution is 14.1. The zero-order valence-electron chi connectivity index (χ0n) is 16.0. The average Bonchev–Trinajstić information content (AvgIpc) is 2.71. The highest BCUT2D eigenvalue weighted by atomic mass is 127. The van der Waals surface area contributed by atoms with Crippen LogP contribution in [0.5, 0.6) is 0 Å². The summed E-state index contributed by atoms with van der Waals surface area (Å²) < 4.78 is 1.02. The van der Waals surface area contributed by atoms with Crippen molar-refractivity contribution in [2.24, 2.45) is 0 Å². The molecule has 0 saturated heterocycles. The summed E-state index contributed by atoms with van der Waals surface area (Å²) >= 11 is 2.43. The fraction of sp³-hybridized carbons (Fsp3) is 0.409. The Bertz CT molecular complexity index is 651. The molecule has 0 aliphatic rings. The van der Waals surface area contributed by atoms with Crippen LogP contribution in [-0.2, 0) is 4.79 Å². The van der Waals surface area contributed by atoms with E-state index in [9.17, 15) is 4.79 Å². The molecule has 0 saturated carbocycles. The van der Waals surface area contributed by atoms with Crippen LogP contribution >= 0.6 is 22.6 Å². The molecular formula is C22H30IN3O. The van der Waals surface area contributed by atoms with Gasteiger partial charge in [-0.2, -0.15) is 0 Å². The van der Waals surface area contributed by atoms with Gasteiger partial charge < -0.3 is 10.6 Å². The summed E-state index contributed by atoms with van der Waals surface area (Å²) in [6.07, 6.45) is 1.65. The van der Waals surface area contributed by atoms with Crippen molar-refractivity contribution in [3.05, 3.63) is 66.2 Å². The Labute approximate surface area is 176 Å². The molecule has 0 fully saturated rings. The minimum atomic E-state index is 0.0520. The van der Waals surface area contributed by atoms with E-state index in [1.54, 1.807) is 0 Å². The number of rotatable bonds is 12. The number of hydrogen-bond acceptors (Lipinski definition) is 3. The molecule has 2 aromatic rings. The van der Waals surface area contributed by atoms with Gasteiger partial charge in [-0.05, 0) is 36.6 Å². The molecule has 2 N–H and O–H groups in total. The van der Waals surface area contributed by atoms with E-state index in [1.807, 2.05) is 30.3 Å². The van der Waals surface area contributed by atoms with Crippen molar-refractivity contribution in [3.8, 4) is 0 Å². The maximum Gasteiger partial charge on any atom is 0.225 e. The number of hydrogen-bond donors (Lipinski definition) is 2. The van der Waals surface area contributed by atoms with Crippen LogP contribution in [0.15, 0.2) is 60.7 Å². The third-order valence-corrected chi connectivity index (χ3v) is 5.57. The molecule has 5 heteroatoms. The van der Waals surface area contributed by atoms with Gasteiger partial charge in [-0.15, -0.1) is 0 Å². The lowest BCUT2D eigenvalue weighted by molar-refractivity contribution is -0.116. The van der Waals surface area contributed by atoms with Gasteiger partial charge in [-0.1, -0.05) is 78.0 Å². The number of nitrogens with one attached hydrogen (secondary N) is 2. The van der Waals surface area contributed by atoms with E-state index < -0.39 is 0 Å². The molecule has 0 bridgehead atoms. The van der Waals surface area contributed by atoms with Crippen molar-refractivity contribution >= 4 is 34.2 Å². The maximum absolute atomic E-state index is 11.9. The lowest BCUT2D eigenvalue weighted by Crippen LogP contribution is -2.33. The summed E-state index contributed by atoms with van der Waals surface area (Å²) in [4.78, 5) is 14.4. The molecule has 0 heterocycles. The molecule has 0 aliphatic carbocycles. The Morgan fingerprint density at radius 3 is 2.33 bits per heavy atom. The second-order valence-electron chi connectivity index (χ2n) is 6.75. The maximum atomic E-state index is 11.9. The Balaban J connectivity index is 1.57. The van der Waals surface area contributed by atoms with E-state index in [-0.39, 0.29) is 5.91 Å². The highest BCUT2D eigenvalue weighted by Crippen LogP contribution is 2.18. The number of carbonyl (C=O) groups is 1. The molecular weight excluding hydrogens is 449 g/mol. The van der Waals surface area contributed by atoms with E-state index in [1.165, 1.54) is 5.56 Å². The van der Waals surface area contributed by atoms with E-state index >= 15 is 0 Å². The minimum absolute atomic E-state index is 0.0520. The zero-order valence-corrected chi connectivity index (χ0v) is 18.2. The second kappa shape index (κ2) is 12.9. The molecule has 0 spiro atoms. The van der Waals surface area contributed by atoms with Crippen LogP contribution in [0.4, 0.5) is 5.69 Å². The monoisotopic (exact) mass is 479 g/mol. The van der Waals surface area contributed by atoms with E-state index in [0.717, 1.165) is 36.3 Å². The van der Waals surface area contributed by atoms with Gasteiger partial charge in [0.25, 0.3) is 0 Å². The molecule has 146 valence electrons. The van der Waals surface area contributed by atoms with Gasteiger partial charge in [0.05, 0.1) is 4.55 Å². The van der Waals surface area contributed by atoms with Gasteiger partial charge in [0, 0.05) is 31.7 Å². The van der Waals surface area contributed by atoms with Crippen molar-refractivity contribution in [2.75, 3.05) is 36.0 Å². The van der Waals surface area contributed by atoms with Crippen molar-refractivity contribution in [1.29, 1.82) is 0 Å². The predicted octanol–water partition coefficient (Wildman–Crippen LogP) is 4.49. The number of nitrogens with zero attached hydrogens (tertiary/aromatic N) is 1. The van der Waals surface area contributed by atoms with Crippen molar-refractivity contribution < 1.29 is 4.79 Å². The molecule has 2 aromatic carbocycles. The topological polar surface area (TPSA) is 44.4 Å². The largest absolute Gasteiger partial charge is 0.326 e. The Hall–Kier alpha value is -1.44. The van der Waals surface area contributed by atoms with Gasteiger partial charge in [-0.3, -0.25) is 9.69 Å². The number of anilines is 1. The van der Waals surface area contributed by atoms with E-state index in [0.29, 0.717) is 18.9 Å². The quantitative estimate of drug-likeness (QED) is 0.204. The van der Waals surface area contributed by atoms with Crippen LogP contribution in [-0.4, -0.2) is 41.5 Å². The summed E-state index contributed by atoms with van der Waals surface area (Å²) in [5.74, 6) is 0.627. The molecule has 1 atom stereocenters. The Morgan fingerprint density at radius 2 is 1.67 bits per heavy atom. The first-order valence-electron chi connectivity index (χ1n) is 9.58. The van der Waals surface area contributed by atoms with Crippen molar-refractivity contribution in [1.82, 2.24) is 10.2 Å². The number of benzene rings is 2. The normalized spacial score (nSPS) is 12.1. The van der Waals surface area contributed by atoms with Crippen LogP contribution < -0.4 is 10.6 Å². The van der Waals surface area contributed by atoms with Gasteiger partial charge in [-0.25, -0.2) is 0 Å². The molecule has 1 unspecified atom stereocenters. The van der Waals surface area contributed by atoms with Crippen LogP contribution in [0.2, 0.25) is 0 Å². The zero-order chi connectivity index (χ0) is 19.3. The molecule has 0 radical (unpaired) electrons. The first-order valence-corrected chi connectivity index (χ1v) is 11.1. The first-order chi connectivity index (χ1) is 13.2. The third-order valence-electron chi connectivity index (χ3n) is 4.61. The summed E-state index contributed by atoms with van der Waals surface area (Å²) in [6.45, 7) is 6.00. The predicted molar refractivity (Wildman–Crippen MR) is 122 cm³/mol. The Kier molecular flexibility index (Phi) is 10.4. The fourth-order valence-corrected chi connectivity index (χ4v) is 3.55. The molecule has 1 amide bonds.